The van der Waals surface area contributed by atoms with E-state index in [4.69, 9.17) is 4.74 Å². The number of hydrogen-bond acceptors (Lipinski definition) is 5. The van der Waals surface area contributed by atoms with Gasteiger partial charge in [0, 0.05) is 25.5 Å². The summed E-state index contributed by atoms with van der Waals surface area (Å²) >= 11 is 1.63. The van der Waals surface area contributed by atoms with Crippen molar-refractivity contribution in [2.45, 2.75) is 19.5 Å². The Balaban J connectivity index is 1.51. The van der Waals surface area contributed by atoms with E-state index in [0.29, 0.717) is 6.54 Å². The van der Waals surface area contributed by atoms with Crippen LogP contribution in [0.25, 0.3) is 0 Å². The number of benzene rings is 1. The van der Waals surface area contributed by atoms with Crippen molar-refractivity contribution in [1.29, 1.82) is 0 Å². The van der Waals surface area contributed by atoms with Crippen LogP contribution in [0, 0.1) is 5.82 Å². The van der Waals surface area contributed by atoms with Crippen molar-refractivity contribution in [3.8, 4) is 0 Å². The van der Waals surface area contributed by atoms with E-state index in [-0.39, 0.29) is 18.1 Å². The highest BCUT2D eigenvalue weighted by atomic mass is 32.1. The molecule has 2 heterocycles. The molecule has 1 aromatic carbocycles. The van der Waals surface area contributed by atoms with Gasteiger partial charge in [-0.05, 0) is 17.7 Å². The average molecular weight is 363 g/mol. The van der Waals surface area contributed by atoms with Gasteiger partial charge in [0.25, 0.3) is 0 Å². The Labute approximate surface area is 151 Å². The zero-order valence-corrected chi connectivity index (χ0v) is 15.1. The fraction of sp³-hybridized carbons (Fsp3) is 0.444. The van der Waals surface area contributed by atoms with Crippen molar-refractivity contribution in [2.75, 3.05) is 33.4 Å². The van der Waals surface area contributed by atoms with Crippen LogP contribution in [-0.4, -0.2) is 54.0 Å². The molecule has 0 radical (unpaired) electrons. The number of carbonyl (C=O) groups excluding carboxylic acids is 1. The summed E-state index contributed by atoms with van der Waals surface area (Å²) in [5.41, 5.74) is 1.72. The van der Waals surface area contributed by atoms with Crippen molar-refractivity contribution >= 4 is 17.2 Å². The Hall–Kier alpha value is -1.83. The molecule has 1 aromatic heterocycles. The molecule has 1 amide bonds. The summed E-state index contributed by atoms with van der Waals surface area (Å²) in [7, 11) is 1.77. The number of rotatable bonds is 6. The summed E-state index contributed by atoms with van der Waals surface area (Å²) in [4.78, 5) is 20.9. The van der Waals surface area contributed by atoms with Crippen LogP contribution in [0.2, 0.25) is 0 Å². The van der Waals surface area contributed by atoms with E-state index in [1.807, 2.05) is 5.38 Å². The number of carbonyl (C=O) groups is 1. The van der Waals surface area contributed by atoms with E-state index >= 15 is 0 Å². The lowest BCUT2D eigenvalue weighted by Gasteiger charge is -2.25. The number of likely N-dealkylation sites (N-methyl/N-ethyl adjacent to an activating group) is 1. The fourth-order valence-corrected chi connectivity index (χ4v) is 3.51. The number of ether oxygens (including phenoxy) is 1. The number of amides is 1. The van der Waals surface area contributed by atoms with Gasteiger partial charge in [0.2, 0.25) is 5.91 Å². The van der Waals surface area contributed by atoms with E-state index in [1.54, 1.807) is 35.4 Å². The van der Waals surface area contributed by atoms with E-state index < -0.39 is 0 Å². The van der Waals surface area contributed by atoms with Crippen LogP contribution in [0.5, 0.6) is 0 Å². The number of morpholine rings is 1. The molecule has 0 unspecified atom stereocenters. The molecule has 1 aliphatic rings. The first kappa shape index (κ1) is 18.0. The molecule has 1 fully saturated rings. The molecule has 0 atom stereocenters. The Bertz CT molecular complexity index is 699. The molecule has 0 aliphatic carbocycles. The molecule has 0 bridgehead atoms. The van der Waals surface area contributed by atoms with Crippen LogP contribution in [0.1, 0.15) is 16.3 Å². The average Bonchev–Trinajstić information content (AvgIpc) is 3.04. The van der Waals surface area contributed by atoms with Gasteiger partial charge in [-0.1, -0.05) is 12.1 Å². The van der Waals surface area contributed by atoms with Gasteiger partial charge in [0.1, 0.15) is 10.8 Å². The largest absolute Gasteiger partial charge is 0.379 e. The minimum absolute atomic E-state index is 0.00524. The van der Waals surface area contributed by atoms with Gasteiger partial charge >= 0.3 is 0 Å². The van der Waals surface area contributed by atoms with Gasteiger partial charge in [0.05, 0.1) is 38.4 Å². The maximum atomic E-state index is 12.9. The number of thiazole rings is 1. The standard InChI is InChI=1S/C18H22FN3O2S/c1-21(18(23)10-14-2-4-15(19)5-3-14)11-16-13-25-17(20-16)12-22-6-8-24-9-7-22/h2-5,13H,6-12H2,1H3. The predicted molar refractivity (Wildman–Crippen MR) is 94.8 cm³/mol. The number of nitrogens with zero attached hydrogens (tertiary/aromatic N) is 3. The molecule has 3 rings (SSSR count). The first-order chi connectivity index (χ1) is 12.1. The van der Waals surface area contributed by atoms with Crippen molar-refractivity contribution in [3.63, 3.8) is 0 Å². The Kier molecular flexibility index (Phi) is 6.12. The van der Waals surface area contributed by atoms with Gasteiger partial charge in [-0.15, -0.1) is 11.3 Å². The molecule has 1 saturated heterocycles. The van der Waals surface area contributed by atoms with Crippen LogP contribution in [0.4, 0.5) is 4.39 Å². The summed E-state index contributed by atoms with van der Waals surface area (Å²) in [5, 5.41) is 3.08. The van der Waals surface area contributed by atoms with E-state index in [1.165, 1.54) is 12.1 Å². The number of hydrogen-bond donors (Lipinski definition) is 0. The topological polar surface area (TPSA) is 45.7 Å². The lowest BCUT2D eigenvalue weighted by molar-refractivity contribution is -0.129. The lowest BCUT2D eigenvalue weighted by Crippen LogP contribution is -2.35. The van der Waals surface area contributed by atoms with E-state index in [9.17, 15) is 9.18 Å². The summed E-state index contributed by atoms with van der Waals surface area (Å²) in [6.07, 6.45) is 0.265. The van der Waals surface area contributed by atoms with Crippen LogP contribution in [0.3, 0.4) is 0 Å². The predicted octanol–water partition coefficient (Wildman–Crippen LogP) is 2.32. The lowest BCUT2D eigenvalue weighted by atomic mass is 10.1. The highest BCUT2D eigenvalue weighted by Gasteiger charge is 2.15. The van der Waals surface area contributed by atoms with Crippen molar-refractivity contribution < 1.29 is 13.9 Å². The van der Waals surface area contributed by atoms with Crippen molar-refractivity contribution in [3.05, 3.63) is 51.7 Å². The molecular formula is C18H22FN3O2S. The second-order valence-electron chi connectivity index (χ2n) is 6.17. The SMILES string of the molecule is CN(Cc1csc(CN2CCOCC2)n1)C(=O)Cc1ccc(F)cc1. The molecule has 0 spiro atoms. The summed E-state index contributed by atoms with van der Waals surface area (Å²) in [6, 6.07) is 6.04. The van der Waals surface area contributed by atoms with E-state index in [2.05, 4.69) is 9.88 Å². The molecule has 7 heteroatoms. The Morgan fingerprint density at radius 2 is 2.04 bits per heavy atom. The van der Waals surface area contributed by atoms with Crippen LogP contribution in [-0.2, 0) is 29.0 Å². The summed E-state index contributed by atoms with van der Waals surface area (Å²) in [5.74, 6) is -0.297. The number of aromatic nitrogens is 1. The summed E-state index contributed by atoms with van der Waals surface area (Å²) in [6.45, 7) is 4.74. The molecule has 1 aliphatic heterocycles. The van der Waals surface area contributed by atoms with Gasteiger partial charge < -0.3 is 9.64 Å². The Morgan fingerprint density at radius 3 is 2.76 bits per heavy atom. The van der Waals surface area contributed by atoms with Gasteiger partial charge in [0.15, 0.2) is 0 Å². The van der Waals surface area contributed by atoms with Gasteiger partial charge in [-0.3, -0.25) is 9.69 Å². The molecule has 0 N–H and O–H groups in total. The first-order valence-corrected chi connectivity index (χ1v) is 9.20. The molecular weight excluding hydrogens is 341 g/mol. The summed E-state index contributed by atoms with van der Waals surface area (Å²) < 4.78 is 18.3. The first-order valence-electron chi connectivity index (χ1n) is 8.32. The van der Waals surface area contributed by atoms with Crippen molar-refractivity contribution in [2.24, 2.45) is 0 Å². The maximum absolute atomic E-state index is 12.9. The third kappa shape index (κ3) is 5.32. The third-order valence-corrected chi connectivity index (χ3v) is 5.04. The normalized spacial score (nSPS) is 15.3. The second kappa shape index (κ2) is 8.51. The highest BCUT2D eigenvalue weighted by Crippen LogP contribution is 2.15. The molecule has 134 valence electrons. The monoisotopic (exact) mass is 363 g/mol. The molecule has 2 aromatic rings. The second-order valence-corrected chi connectivity index (χ2v) is 7.12. The molecule has 5 nitrogen and oxygen atoms in total. The third-order valence-electron chi connectivity index (χ3n) is 4.16. The van der Waals surface area contributed by atoms with Crippen molar-refractivity contribution in [1.82, 2.24) is 14.8 Å². The highest BCUT2D eigenvalue weighted by molar-refractivity contribution is 7.09. The van der Waals surface area contributed by atoms with Crippen LogP contribution < -0.4 is 0 Å². The molecule has 25 heavy (non-hydrogen) atoms. The van der Waals surface area contributed by atoms with Crippen LogP contribution in [0.15, 0.2) is 29.6 Å². The fourth-order valence-electron chi connectivity index (χ4n) is 2.69. The van der Waals surface area contributed by atoms with E-state index in [0.717, 1.165) is 49.1 Å². The quantitative estimate of drug-likeness (QED) is 0.790. The molecule has 0 saturated carbocycles. The maximum Gasteiger partial charge on any atom is 0.227 e. The van der Waals surface area contributed by atoms with Crippen LogP contribution >= 0.6 is 11.3 Å². The minimum Gasteiger partial charge on any atom is -0.379 e. The Morgan fingerprint density at radius 1 is 1.32 bits per heavy atom. The minimum atomic E-state index is -0.292. The van der Waals surface area contributed by atoms with Gasteiger partial charge in [-0.2, -0.15) is 0 Å². The van der Waals surface area contributed by atoms with Gasteiger partial charge in [-0.25, -0.2) is 9.37 Å². The number of halogens is 1. The zero-order chi connectivity index (χ0) is 17.6. The smallest absolute Gasteiger partial charge is 0.227 e. The zero-order valence-electron chi connectivity index (χ0n) is 14.3.